The highest BCUT2D eigenvalue weighted by Gasteiger charge is 2.28. The third kappa shape index (κ3) is 3.41. The average molecular weight is 263 g/mol. The summed E-state index contributed by atoms with van der Waals surface area (Å²) in [5, 5.41) is 13.5. The van der Waals surface area contributed by atoms with Crippen molar-refractivity contribution >= 4 is 0 Å². The highest BCUT2D eigenvalue weighted by Crippen LogP contribution is 2.37. The molecule has 0 saturated heterocycles. The van der Waals surface area contributed by atoms with E-state index in [0.717, 1.165) is 17.9 Å². The molecule has 1 unspecified atom stereocenters. The SMILES string of the molecule is COc1ccc(O)c(C(C)NCC2(C)CCCC2)c1. The number of ether oxygens (including phenoxy) is 1. The number of phenols is 1. The van der Waals surface area contributed by atoms with Gasteiger partial charge in [0.25, 0.3) is 0 Å². The summed E-state index contributed by atoms with van der Waals surface area (Å²) < 4.78 is 5.22. The minimum Gasteiger partial charge on any atom is -0.508 e. The van der Waals surface area contributed by atoms with Crippen LogP contribution >= 0.6 is 0 Å². The van der Waals surface area contributed by atoms with Crippen LogP contribution in [-0.4, -0.2) is 18.8 Å². The van der Waals surface area contributed by atoms with Gasteiger partial charge in [-0.25, -0.2) is 0 Å². The number of methoxy groups -OCH3 is 1. The normalized spacial score (nSPS) is 19.3. The van der Waals surface area contributed by atoms with Gasteiger partial charge in [-0.15, -0.1) is 0 Å². The zero-order valence-corrected chi connectivity index (χ0v) is 12.2. The predicted octanol–water partition coefficient (Wildman–Crippen LogP) is 3.63. The van der Waals surface area contributed by atoms with Gasteiger partial charge in [-0.05, 0) is 43.4 Å². The van der Waals surface area contributed by atoms with Crippen molar-refractivity contribution < 1.29 is 9.84 Å². The van der Waals surface area contributed by atoms with Gasteiger partial charge in [0.05, 0.1) is 7.11 Å². The fraction of sp³-hybridized carbons (Fsp3) is 0.625. The van der Waals surface area contributed by atoms with E-state index < -0.39 is 0 Å². The molecule has 0 spiro atoms. The first kappa shape index (κ1) is 14.2. The minimum absolute atomic E-state index is 0.132. The quantitative estimate of drug-likeness (QED) is 0.852. The molecule has 0 aliphatic heterocycles. The molecule has 106 valence electrons. The molecule has 2 rings (SSSR count). The summed E-state index contributed by atoms with van der Waals surface area (Å²) in [5.74, 6) is 1.12. The second-order valence-electron chi connectivity index (χ2n) is 6.05. The fourth-order valence-electron chi connectivity index (χ4n) is 2.92. The monoisotopic (exact) mass is 263 g/mol. The van der Waals surface area contributed by atoms with E-state index in [0.29, 0.717) is 11.2 Å². The lowest BCUT2D eigenvalue weighted by atomic mass is 9.88. The Bertz CT molecular complexity index is 425. The largest absolute Gasteiger partial charge is 0.508 e. The lowest BCUT2D eigenvalue weighted by Crippen LogP contribution is -2.31. The number of nitrogens with one attached hydrogen (secondary N) is 1. The van der Waals surface area contributed by atoms with Crippen LogP contribution in [0.4, 0.5) is 0 Å². The molecule has 0 bridgehead atoms. The smallest absolute Gasteiger partial charge is 0.120 e. The van der Waals surface area contributed by atoms with Crippen molar-refractivity contribution in [1.82, 2.24) is 5.32 Å². The fourth-order valence-corrected chi connectivity index (χ4v) is 2.92. The van der Waals surface area contributed by atoms with Crippen LogP contribution in [0.15, 0.2) is 18.2 Å². The van der Waals surface area contributed by atoms with E-state index in [4.69, 9.17) is 4.74 Å². The van der Waals surface area contributed by atoms with Crippen LogP contribution in [0.25, 0.3) is 0 Å². The van der Waals surface area contributed by atoms with Crippen molar-refractivity contribution in [2.75, 3.05) is 13.7 Å². The van der Waals surface area contributed by atoms with Crippen molar-refractivity contribution in [2.24, 2.45) is 5.41 Å². The predicted molar refractivity (Wildman–Crippen MR) is 77.7 cm³/mol. The molecule has 1 saturated carbocycles. The Kier molecular flexibility index (Phi) is 4.35. The van der Waals surface area contributed by atoms with Gasteiger partial charge in [-0.3, -0.25) is 0 Å². The number of aromatic hydroxyl groups is 1. The van der Waals surface area contributed by atoms with Crippen molar-refractivity contribution in [2.45, 2.75) is 45.6 Å². The second kappa shape index (κ2) is 5.83. The Hall–Kier alpha value is -1.22. The molecule has 1 aliphatic rings. The van der Waals surface area contributed by atoms with E-state index >= 15 is 0 Å². The standard InChI is InChI=1S/C16H25NO2/c1-12(17-11-16(2)8-4-5-9-16)14-10-13(19-3)6-7-15(14)18/h6-7,10,12,17-18H,4-5,8-9,11H2,1-3H3. The lowest BCUT2D eigenvalue weighted by molar-refractivity contribution is 0.300. The Labute approximate surface area is 116 Å². The molecule has 3 heteroatoms. The van der Waals surface area contributed by atoms with Crippen LogP contribution in [0.5, 0.6) is 11.5 Å². The van der Waals surface area contributed by atoms with Gasteiger partial charge in [0.1, 0.15) is 11.5 Å². The molecule has 19 heavy (non-hydrogen) atoms. The van der Waals surface area contributed by atoms with E-state index in [2.05, 4.69) is 19.2 Å². The number of benzene rings is 1. The molecule has 1 aromatic carbocycles. The van der Waals surface area contributed by atoms with E-state index in [1.54, 1.807) is 19.2 Å². The third-order valence-corrected chi connectivity index (χ3v) is 4.35. The highest BCUT2D eigenvalue weighted by molar-refractivity contribution is 5.41. The summed E-state index contributed by atoms with van der Waals surface area (Å²) in [6.07, 6.45) is 5.29. The molecule has 3 nitrogen and oxygen atoms in total. The zero-order chi connectivity index (χ0) is 13.9. The lowest BCUT2D eigenvalue weighted by Gasteiger charge is -2.27. The third-order valence-electron chi connectivity index (χ3n) is 4.35. The van der Waals surface area contributed by atoms with Crippen LogP contribution in [0.3, 0.4) is 0 Å². The van der Waals surface area contributed by atoms with Gasteiger partial charge in [0.15, 0.2) is 0 Å². The Morgan fingerprint density at radius 2 is 2.05 bits per heavy atom. The van der Waals surface area contributed by atoms with Crippen LogP contribution < -0.4 is 10.1 Å². The maximum Gasteiger partial charge on any atom is 0.120 e. The molecule has 0 amide bonds. The van der Waals surface area contributed by atoms with Crippen molar-refractivity contribution in [3.63, 3.8) is 0 Å². The molecular formula is C16H25NO2. The van der Waals surface area contributed by atoms with Crippen LogP contribution in [0.1, 0.15) is 51.1 Å². The molecule has 0 radical (unpaired) electrons. The van der Waals surface area contributed by atoms with E-state index in [9.17, 15) is 5.11 Å². The second-order valence-corrected chi connectivity index (χ2v) is 6.05. The molecule has 0 heterocycles. The molecule has 2 N–H and O–H groups in total. The number of hydrogen-bond donors (Lipinski definition) is 2. The first-order valence-corrected chi connectivity index (χ1v) is 7.14. The van der Waals surface area contributed by atoms with Crippen LogP contribution in [-0.2, 0) is 0 Å². The van der Waals surface area contributed by atoms with Gasteiger partial charge in [0.2, 0.25) is 0 Å². The first-order chi connectivity index (χ1) is 9.04. The minimum atomic E-state index is 0.132. The van der Waals surface area contributed by atoms with E-state index in [1.165, 1.54) is 25.7 Å². The van der Waals surface area contributed by atoms with Crippen molar-refractivity contribution in [1.29, 1.82) is 0 Å². The van der Waals surface area contributed by atoms with Crippen LogP contribution in [0.2, 0.25) is 0 Å². The number of hydrogen-bond acceptors (Lipinski definition) is 3. The Morgan fingerprint density at radius 1 is 1.37 bits per heavy atom. The highest BCUT2D eigenvalue weighted by atomic mass is 16.5. The van der Waals surface area contributed by atoms with Gasteiger partial charge in [-0.2, -0.15) is 0 Å². The topological polar surface area (TPSA) is 41.5 Å². The summed E-state index contributed by atoms with van der Waals surface area (Å²) in [5.41, 5.74) is 1.32. The maximum atomic E-state index is 9.96. The van der Waals surface area contributed by atoms with Gasteiger partial charge >= 0.3 is 0 Å². The van der Waals surface area contributed by atoms with E-state index in [1.807, 2.05) is 6.07 Å². The van der Waals surface area contributed by atoms with Crippen LogP contribution in [0, 0.1) is 5.41 Å². The van der Waals surface area contributed by atoms with Gasteiger partial charge in [0, 0.05) is 18.2 Å². The van der Waals surface area contributed by atoms with E-state index in [-0.39, 0.29) is 6.04 Å². The first-order valence-electron chi connectivity index (χ1n) is 7.14. The summed E-state index contributed by atoms with van der Waals surface area (Å²) in [4.78, 5) is 0. The molecular weight excluding hydrogens is 238 g/mol. The molecule has 0 aromatic heterocycles. The molecule has 1 aliphatic carbocycles. The Balaban J connectivity index is 2.01. The van der Waals surface area contributed by atoms with Crippen molar-refractivity contribution in [3.8, 4) is 11.5 Å². The summed E-state index contributed by atoms with van der Waals surface area (Å²) >= 11 is 0. The summed E-state index contributed by atoms with van der Waals surface area (Å²) in [6.45, 7) is 5.45. The maximum absolute atomic E-state index is 9.96. The molecule has 1 aromatic rings. The Morgan fingerprint density at radius 3 is 2.68 bits per heavy atom. The van der Waals surface area contributed by atoms with Crippen molar-refractivity contribution in [3.05, 3.63) is 23.8 Å². The van der Waals surface area contributed by atoms with Gasteiger partial charge in [-0.1, -0.05) is 19.8 Å². The summed E-state index contributed by atoms with van der Waals surface area (Å²) in [7, 11) is 1.65. The molecule has 1 fully saturated rings. The summed E-state index contributed by atoms with van der Waals surface area (Å²) in [6, 6.07) is 5.52. The number of rotatable bonds is 5. The average Bonchev–Trinajstić information content (AvgIpc) is 2.84. The zero-order valence-electron chi connectivity index (χ0n) is 12.2. The van der Waals surface area contributed by atoms with Gasteiger partial charge < -0.3 is 15.2 Å². The molecule has 1 atom stereocenters. The number of phenolic OH excluding ortho intramolecular Hbond substituents is 1.